The summed E-state index contributed by atoms with van der Waals surface area (Å²) in [6, 6.07) is 12.4. The normalized spacial score (nSPS) is 12.5. The van der Waals surface area contributed by atoms with E-state index in [0.717, 1.165) is 5.56 Å². The molecule has 0 aliphatic heterocycles. The second-order valence-electron chi connectivity index (χ2n) is 5.17. The second kappa shape index (κ2) is 7.06. The lowest BCUT2D eigenvalue weighted by Crippen LogP contribution is -2.30. The van der Waals surface area contributed by atoms with Gasteiger partial charge in [-0.3, -0.25) is 0 Å². The quantitative estimate of drug-likeness (QED) is 0.827. The Kier molecular flexibility index (Phi) is 5.33. The Labute approximate surface area is 140 Å². The van der Waals surface area contributed by atoms with Crippen molar-refractivity contribution in [2.45, 2.75) is 17.9 Å². The first kappa shape index (κ1) is 17.4. The van der Waals surface area contributed by atoms with E-state index < -0.39 is 9.84 Å². The highest BCUT2D eigenvalue weighted by Gasteiger charge is 2.10. The summed E-state index contributed by atoms with van der Waals surface area (Å²) in [4.78, 5) is 0.278. The number of hydrogen-bond acceptors (Lipinski definition) is 3. The highest BCUT2D eigenvalue weighted by Crippen LogP contribution is 2.16. The topological polar surface area (TPSA) is 58.2 Å². The predicted molar refractivity (Wildman–Crippen MR) is 93.7 cm³/mol. The minimum atomic E-state index is -3.20. The Bertz CT molecular complexity index is 788. The van der Waals surface area contributed by atoms with E-state index in [1.165, 1.54) is 18.4 Å². The van der Waals surface area contributed by atoms with Crippen LogP contribution in [0.1, 0.15) is 18.5 Å². The molecule has 1 atom stereocenters. The van der Waals surface area contributed by atoms with E-state index in [9.17, 15) is 12.8 Å². The summed E-state index contributed by atoms with van der Waals surface area (Å²) in [6.45, 7) is 1.91. The Morgan fingerprint density at radius 2 is 1.65 bits per heavy atom. The summed E-state index contributed by atoms with van der Waals surface area (Å²) in [5.41, 5.74) is 1.59. The molecule has 0 radical (unpaired) electrons. The fourth-order valence-electron chi connectivity index (χ4n) is 1.98. The monoisotopic (exact) mass is 352 g/mol. The van der Waals surface area contributed by atoms with Crippen molar-refractivity contribution in [1.82, 2.24) is 5.32 Å². The molecule has 0 unspecified atom stereocenters. The van der Waals surface area contributed by atoms with Gasteiger partial charge >= 0.3 is 0 Å². The Hall–Kier alpha value is -1.99. The van der Waals surface area contributed by atoms with Crippen molar-refractivity contribution in [1.29, 1.82) is 0 Å². The third-order valence-corrected chi connectivity index (χ3v) is 4.61. The van der Waals surface area contributed by atoms with Crippen molar-refractivity contribution in [2.75, 3.05) is 11.6 Å². The smallest absolute Gasteiger partial charge is 0.175 e. The SMILES string of the molecule is C[C@@H](NC(=S)Nc1ccc(F)cc1)c1ccc(S(C)(=O)=O)cc1. The minimum Gasteiger partial charge on any atom is -0.356 e. The molecule has 2 rings (SSSR count). The molecule has 0 spiro atoms. The molecule has 0 bridgehead atoms. The molecule has 0 saturated carbocycles. The minimum absolute atomic E-state index is 0.107. The van der Waals surface area contributed by atoms with Crippen LogP contribution in [0.5, 0.6) is 0 Å². The van der Waals surface area contributed by atoms with Crippen LogP contribution in [0, 0.1) is 5.82 Å². The van der Waals surface area contributed by atoms with Crippen molar-refractivity contribution < 1.29 is 12.8 Å². The van der Waals surface area contributed by atoms with Gasteiger partial charge in [0, 0.05) is 11.9 Å². The number of thiocarbonyl (C=S) groups is 1. The van der Waals surface area contributed by atoms with Gasteiger partial charge in [0.15, 0.2) is 14.9 Å². The van der Waals surface area contributed by atoms with Gasteiger partial charge in [0.1, 0.15) is 5.82 Å². The number of anilines is 1. The number of hydrogen-bond donors (Lipinski definition) is 2. The van der Waals surface area contributed by atoms with E-state index in [2.05, 4.69) is 10.6 Å². The van der Waals surface area contributed by atoms with Crippen LogP contribution in [-0.2, 0) is 9.84 Å². The molecular formula is C16H17FN2O2S2. The highest BCUT2D eigenvalue weighted by molar-refractivity contribution is 7.90. The Balaban J connectivity index is 1.99. The van der Waals surface area contributed by atoms with E-state index >= 15 is 0 Å². The maximum atomic E-state index is 12.9. The average Bonchev–Trinajstić information content (AvgIpc) is 2.49. The lowest BCUT2D eigenvalue weighted by Gasteiger charge is -2.17. The van der Waals surface area contributed by atoms with Crippen molar-refractivity contribution in [2.24, 2.45) is 0 Å². The fraction of sp³-hybridized carbons (Fsp3) is 0.188. The molecular weight excluding hydrogens is 335 g/mol. The predicted octanol–water partition coefficient (Wildman–Crippen LogP) is 3.28. The number of benzene rings is 2. The molecule has 0 aliphatic rings. The van der Waals surface area contributed by atoms with Crippen LogP contribution in [0.4, 0.5) is 10.1 Å². The molecule has 2 aromatic rings. The summed E-state index contributed by atoms with van der Waals surface area (Å²) in [7, 11) is -3.20. The number of halogens is 1. The molecule has 4 nitrogen and oxygen atoms in total. The molecule has 0 heterocycles. The summed E-state index contributed by atoms with van der Waals surface area (Å²) in [5, 5.41) is 6.46. The van der Waals surface area contributed by atoms with Crippen LogP contribution in [-0.4, -0.2) is 19.8 Å². The molecule has 122 valence electrons. The molecule has 0 fully saturated rings. The van der Waals surface area contributed by atoms with E-state index in [0.29, 0.717) is 10.8 Å². The van der Waals surface area contributed by atoms with Gasteiger partial charge in [0.05, 0.1) is 10.9 Å². The third-order valence-electron chi connectivity index (χ3n) is 3.26. The lowest BCUT2D eigenvalue weighted by atomic mass is 10.1. The number of rotatable bonds is 4. The van der Waals surface area contributed by atoms with Crippen LogP contribution in [0.15, 0.2) is 53.4 Å². The molecule has 23 heavy (non-hydrogen) atoms. The largest absolute Gasteiger partial charge is 0.356 e. The van der Waals surface area contributed by atoms with Crippen LogP contribution < -0.4 is 10.6 Å². The van der Waals surface area contributed by atoms with Crippen molar-refractivity contribution in [3.05, 3.63) is 59.9 Å². The zero-order chi connectivity index (χ0) is 17.0. The standard InChI is InChI=1S/C16H17FN2O2S2/c1-11(12-3-9-15(10-4-12)23(2,20)21)18-16(22)19-14-7-5-13(17)6-8-14/h3-11H,1-2H3,(H2,18,19,22)/t11-/m1/s1. The summed E-state index contributed by atoms with van der Waals surface area (Å²) in [6.07, 6.45) is 1.17. The fourth-order valence-corrected chi connectivity index (χ4v) is 2.91. The molecule has 2 aromatic carbocycles. The van der Waals surface area contributed by atoms with Crippen LogP contribution in [0.2, 0.25) is 0 Å². The molecule has 7 heteroatoms. The molecule has 0 amide bonds. The first-order valence-corrected chi connectivity index (χ1v) is 9.19. The van der Waals surface area contributed by atoms with Crippen molar-refractivity contribution >= 4 is 32.9 Å². The van der Waals surface area contributed by atoms with Gasteiger partial charge in [0.2, 0.25) is 0 Å². The molecule has 0 saturated heterocycles. The summed E-state index contributed by atoms with van der Waals surface area (Å²) in [5.74, 6) is -0.311. The zero-order valence-corrected chi connectivity index (χ0v) is 14.3. The van der Waals surface area contributed by atoms with Gasteiger partial charge in [-0.05, 0) is 61.1 Å². The van der Waals surface area contributed by atoms with Gasteiger partial charge in [-0.2, -0.15) is 0 Å². The van der Waals surface area contributed by atoms with E-state index in [-0.39, 0.29) is 16.8 Å². The first-order valence-electron chi connectivity index (χ1n) is 6.89. The van der Waals surface area contributed by atoms with Gasteiger partial charge in [-0.25, -0.2) is 12.8 Å². The average molecular weight is 352 g/mol. The van der Waals surface area contributed by atoms with Gasteiger partial charge < -0.3 is 10.6 Å². The lowest BCUT2D eigenvalue weighted by molar-refractivity contribution is 0.601. The maximum Gasteiger partial charge on any atom is 0.175 e. The zero-order valence-electron chi connectivity index (χ0n) is 12.7. The van der Waals surface area contributed by atoms with Crippen LogP contribution in [0.25, 0.3) is 0 Å². The van der Waals surface area contributed by atoms with E-state index in [1.54, 1.807) is 36.4 Å². The van der Waals surface area contributed by atoms with E-state index in [4.69, 9.17) is 12.2 Å². The Morgan fingerprint density at radius 3 is 2.17 bits per heavy atom. The molecule has 2 N–H and O–H groups in total. The second-order valence-corrected chi connectivity index (χ2v) is 7.59. The van der Waals surface area contributed by atoms with Crippen LogP contribution in [0.3, 0.4) is 0 Å². The van der Waals surface area contributed by atoms with Gasteiger partial charge in [-0.1, -0.05) is 12.1 Å². The van der Waals surface area contributed by atoms with Gasteiger partial charge in [0.25, 0.3) is 0 Å². The summed E-state index contributed by atoms with van der Waals surface area (Å²) >= 11 is 5.22. The summed E-state index contributed by atoms with van der Waals surface area (Å²) < 4.78 is 35.7. The van der Waals surface area contributed by atoms with Gasteiger partial charge in [-0.15, -0.1) is 0 Å². The van der Waals surface area contributed by atoms with Crippen LogP contribution >= 0.6 is 12.2 Å². The Morgan fingerprint density at radius 1 is 1.09 bits per heavy atom. The highest BCUT2D eigenvalue weighted by atomic mass is 32.2. The maximum absolute atomic E-state index is 12.9. The van der Waals surface area contributed by atoms with E-state index in [1.807, 2.05) is 6.92 Å². The number of sulfone groups is 1. The van der Waals surface area contributed by atoms with Crippen molar-refractivity contribution in [3.63, 3.8) is 0 Å². The molecule has 0 aromatic heterocycles. The number of nitrogens with one attached hydrogen (secondary N) is 2. The third kappa shape index (κ3) is 5.01. The first-order chi connectivity index (χ1) is 10.8. The van der Waals surface area contributed by atoms with Crippen molar-refractivity contribution in [3.8, 4) is 0 Å². The molecule has 0 aliphatic carbocycles.